The fourth-order valence-corrected chi connectivity index (χ4v) is 1.82. The number of anilines is 1. The predicted molar refractivity (Wildman–Crippen MR) is 70.0 cm³/mol. The second kappa shape index (κ2) is 5.00. The Morgan fingerprint density at radius 3 is 2.72 bits per heavy atom. The number of hydrogen-bond donors (Lipinski definition) is 1. The molecule has 18 heavy (non-hydrogen) atoms. The first-order valence-corrected chi connectivity index (χ1v) is 5.70. The van der Waals surface area contributed by atoms with Crippen molar-refractivity contribution in [3.63, 3.8) is 0 Å². The molecule has 0 aromatic heterocycles. The Labute approximate surface area is 105 Å². The molecule has 0 saturated heterocycles. The smallest absolute Gasteiger partial charge is 0.167 e. The molecule has 0 spiro atoms. The van der Waals surface area contributed by atoms with E-state index < -0.39 is 0 Å². The normalized spacial score (nSPS) is 10.3. The van der Waals surface area contributed by atoms with E-state index in [9.17, 15) is 9.18 Å². The Kier molecular flexibility index (Phi) is 3.42. The summed E-state index contributed by atoms with van der Waals surface area (Å²) < 4.78 is 13.1. The molecule has 2 aromatic rings. The van der Waals surface area contributed by atoms with Gasteiger partial charge in [-0.05, 0) is 42.3 Å². The van der Waals surface area contributed by atoms with Crippen LogP contribution in [-0.2, 0) is 6.42 Å². The van der Waals surface area contributed by atoms with Gasteiger partial charge in [-0.2, -0.15) is 0 Å². The zero-order chi connectivity index (χ0) is 13.1. The monoisotopic (exact) mass is 243 g/mol. The van der Waals surface area contributed by atoms with Crippen molar-refractivity contribution in [2.75, 3.05) is 5.73 Å². The van der Waals surface area contributed by atoms with E-state index in [0.29, 0.717) is 16.8 Å². The average Bonchev–Trinajstić information content (AvgIpc) is 2.34. The number of aryl methyl sites for hydroxylation is 1. The molecule has 0 amide bonds. The number of halogens is 1. The molecule has 0 atom stereocenters. The summed E-state index contributed by atoms with van der Waals surface area (Å²) in [6.07, 6.45) is 0.188. The van der Waals surface area contributed by atoms with Crippen LogP contribution in [0.2, 0.25) is 0 Å². The lowest BCUT2D eigenvalue weighted by Gasteiger charge is -2.06. The molecule has 92 valence electrons. The maximum Gasteiger partial charge on any atom is 0.167 e. The molecule has 0 aliphatic rings. The molecule has 2 N–H and O–H groups in total. The number of benzene rings is 2. The molecule has 0 bridgehead atoms. The number of hydrogen-bond acceptors (Lipinski definition) is 2. The number of ketones is 1. The minimum absolute atomic E-state index is 0.0593. The Balaban J connectivity index is 2.24. The quantitative estimate of drug-likeness (QED) is 0.664. The highest BCUT2D eigenvalue weighted by atomic mass is 19.1. The molecule has 0 fully saturated rings. The Bertz CT molecular complexity index is 593. The maximum atomic E-state index is 13.1. The Morgan fingerprint density at radius 2 is 2.00 bits per heavy atom. The highest BCUT2D eigenvalue weighted by molar-refractivity contribution is 5.98. The highest BCUT2D eigenvalue weighted by Crippen LogP contribution is 2.15. The summed E-state index contributed by atoms with van der Waals surface area (Å²) in [6.45, 7) is 1.86. The van der Waals surface area contributed by atoms with Gasteiger partial charge in [-0.1, -0.05) is 18.2 Å². The first-order valence-electron chi connectivity index (χ1n) is 5.70. The first kappa shape index (κ1) is 12.3. The van der Waals surface area contributed by atoms with Crippen molar-refractivity contribution in [1.29, 1.82) is 0 Å². The van der Waals surface area contributed by atoms with Crippen molar-refractivity contribution in [3.8, 4) is 0 Å². The fraction of sp³-hybridized carbons (Fsp3) is 0.133. The summed E-state index contributed by atoms with van der Waals surface area (Å²) >= 11 is 0. The third-order valence-electron chi connectivity index (χ3n) is 2.87. The molecule has 2 aromatic carbocycles. The van der Waals surface area contributed by atoms with Gasteiger partial charge in [-0.3, -0.25) is 4.79 Å². The standard InChI is InChI=1S/C15H14FNO/c1-10-5-6-13(16)7-12(10)9-15(18)11-3-2-4-14(17)8-11/h2-8H,9,17H2,1H3. The predicted octanol–water partition coefficient (Wildman–Crippen LogP) is 3.14. The Hall–Kier alpha value is -2.16. The van der Waals surface area contributed by atoms with Gasteiger partial charge in [0.2, 0.25) is 0 Å². The molecule has 0 heterocycles. The van der Waals surface area contributed by atoms with E-state index in [1.54, 1.807) is 30.3 Å². The van der Waals surface area contributed by atoms with Crippen LogP contribution in [0.4, 0.5) is 10.1 Å². The molecule has 0 saturated carbocycles. The SMILES string of the molecule is Cc1ccc(F)cc1CC(=O)c1cccc(N)c1. The van der Waals surface area contributed by atoms with Crippen molar-refractivity contribution in [1.82, 2.24) is 0 Å². The molecule has 0 aliphatic heterocycles. The van der Waals surface area contributed by atoms with E-state index in [0.717, 1.165) is 5.56 Å². The number of rotatable bonds is 3. The van der Waals surface area contributed by atoms with Crippen molar-refractivity contribution < 1.29 is 9.18 Å². The lowest BCUT2D eigenvalue weighted by atomic mass is 9.99. The summed E-state index contributed by atoms with van der Waals surface area (Å²) in [5.74, 6) is -0.382. The van der Waals surface area contributed by atoms with Gasteiger partial charge >= 0.3 is 0 Å². The summed E-state index contributed by atoms with van der Waals surface area (Å²) in [6, 6.07) is 11.3. The van der Waals surface area contributed by atoms with Crippen LogP contribution < -0.4 is 5.73 Å². The second-order valence-corrected chi connectivity index (χ2v) is 4.30. The number of nitrogens with two attached hydrogens (primary N) is 1. The van der Waals surface area contributed by atoms with Crippen molar-refractivity contribution in [3.05, 3.63) is 65.0 Å². The van der Waals surface area contributed by atoms with Gasteiger partial charge < -0.3 is 5.73 Å². The zero-order valence-corrected chi connectivity index (χ0v) is 10.1. The lowest BCUT2D eigenvalue weighted by Crippen LogP contribution is -2.05. The van der Waals surface area contributed by atoms with Gasteiger partial charge in [0.1, 0.15) is 5.82 Å². The van der Waals surface area contributed by atoms with E-state index in [1.807, 2.05) is 6.92 Å². The van der Waals surface area contributed by atoms with Crippen LogP contribution in [0.15, 0.2) is 42.5 Å². The largest absolute Gasteiger partial charge is 0.399 e. The minimum Gasteiger partial charge on any atom is -0.399 e. The molecule has 0 aliphatic carbocycles. The second-order valence-electron chi connectivity index (χ2n) is 4.30. The van der Waals surface area contributed by atoms with Crippen molar-refractivity contribution in [2.45, 2.75) is 13.3 Å². The first-order chi connectivity index (χ1) is 8.56. The van der Waals surface area contributed by atoms with Crippen LogP contribution in [-0.4, -0.2) is 5.78 Å². The highest BCUT2D eigenvalue weighted by Gasteiger charge is 2.09. The van der Waals surface area contributed by atoms with Gasteiger partial charge in [0.15, 0.2) is 5.78 Å². The summed E-state index contributed by atoms with van der Waals surface area (Å²) in [7, 11) is 0. The third kappa shape index (κ3) is 2.74. The number of carbonyl (C=O) groups is 1. The van der Waals surface area contributed by atoms with E-state index in [1.165, 1.54) is 12.1 Å². The van der Waals surface area contributed by atoms with Crippen LogP contribution in [0.3, 0.4) is 0 Å². The maximum absolute atomic E-state index is 13.1. The molecule has 2 rings (SSSR count). The molecule has 0 radical (unpaired) electrons. The molecule has 0 unspecified atom stereocenters. The number of nitrogen functional groups attached to an aromatic ring is 1. The van der Waals surface area contributed by atoms with Gasteiger partial charge in [-0.25, -0.2) is 4.39 Å². The lowest BCUT2D eigenvalue weighted by molar-refractivity contribution is 0.0993. The van der Waals surface area contributed by atoms with Crippen LogP contribution >= 0.6 is 0 Å². The summed E-state index contributed by atoms with van der Waals surface area (Å²) in [5, 5.41) is 0. The topological polar surface area (TPSA) is 43.1 Å². The van der Waals surface area contributed by atoms with Crippen LogP contribution in [0, 0.1) is 12.7 Å². The van der Waals surface area contributed by atoms with Gasteiger partial charge in [0.05, 0.1) is 0 Å². The average molecular weight is 243 g/mol. The molecular weight excluding hydrogens is 229 g/mol. The summed E-state index contributed by atoms with van der Waals surface area (Å²) in [5.41, 5.74) is 8.36. The van der Waals surface area contributed by atoms with E-state index in [2.05, 4.69) is 0 Å². The number of Topliss-reactive ketones (excluding diaryl/α,β-unsaturated/α-hetero) is 1. The molecule has 3 heteroatoms. The van der Waals surface area contributed by atoms with E-state index in [4.69, 9.17) is 5.73 Å². The van der Waals surface area contributed by atoms with Gasteiger partial charge in [0.25, 0.3) is 0 Å². The summed E-state index contributed by atoms with van der Waals surface area (Å²) in [4.78, 5) is 12.1. The van der Waals surface area contributed by atoms with Crippen LogP contribution in [0.5, 0.6) is 0 Å². The minimum atomic E-state index is -0.323. The fourth-order valence-electron chi connectivity index (χ4n) is 1.82. The van der Waals surface area contributed by atoms with Gasteiger partial charge in [0, 0.05) is 17.7 Å². The number of carbonyl (C=O) groups excluding carboxylic acids is 1. The van der Waals surface area contributed by atoms with Crippen LogP contribution in [0.1, 0.15) is 21.5 Å². The van der Waals surface area contributed by atoms with Crippen molar-refractivity contribution >= 4 is 11.5 Å². The zero-order valence-electron chi connectivity index (χ0n) is 10.1. The van der Waals surface area contributed by atoms with Crippen molar-refractivity contribution in [2.24, 2.45) is 0 Å². The molecular formula is C15H14FNO. The van der Waals surface area contributed by atoms with E-state index in [-0.39, 0.29) is 18.0 Å². The Morgan fingerprint density at radius 1 is 1.22 bits per heavy atom. The van der Waals surface area contributed by atoms with Gasteiger partial charge in [-0.15, -0.1) is 0 Å². The molecule has 2 nitrogen and oxygen atoms in total. The van der Waals surface area contributed by atoms with E-state index >= 15 is 0 Å². The third-order valence-corrected chi connectivity index (χ3v) is 2.87. The van der Waals surface area contributed by atoms with Crippen LogP contribution in [0.25, 0.3) is 0 Å².